The van der Waals surface area contributed by atoms with Gasteiger partial charge in [0.1, 0.15) is 0 Å². The number of hydrogen-bond acceptors (Lipinski definition) is 2. The molecular formula is C6H8NO2. The van der Waals surface area contributed by atoms with E-state index < -0.39 is 0 Å². The molecule has 0 aromatic rings. The zero-order valence-corrected chi connectivity index (χ0v) is 5.09. The van der Waals surface area contributed by atoms with Crippen LogP contribution in [0.2, 0.25) is 0 Å². The molecule has 0 N–H and O–H groups in total. The van der Waals surface area contributed by atoms with E-state index >= 15 is 0 Å². The van der Waals surface area contributed by atoms with Crippen LogP contribution in [0.1, 0.15) is 12.8 Å². The quantitative estimate of drug-likeness (QED) is 0.457. The van der Waals surface area contributed by atoms with Crippen molar-refractivity contribution in [2.24, 2.45) is 0 Å². The van der Waals surface area contributed by atoms with E-state index in [0.29, 0.717) is 13.0 Å². The van der Waals surface area contributed by atoms with E-state index in [2.05, 4.69) is 6.92 Å². The first-order chi connectivity index (χ1) is 4.22. The number of hydrogen-bond donors (Lipinski definition) is 0. The Bertz CT molecular complexity index is 153. The summed E-state index contributed by atoms with van der Waals surface area (Å²) in [5, 5.41) is 0. The van der Waals surface area contributed by atoms with Gasteiger partial charge < -0.3 is 0 Å². The predicted octanol–water partition coefficient (Wildman–Crippen LogP) is -0.0305. The number of rotatable bonds is 0. The lowest BCUT2D eigenvalue weighted by atomic mass is 10.4. The van der Waals surface area contributed by atoms with Crippen molar-refractivity contribution >= 4 is 11.8 Å². The smallest absolute Gasteiger partial charge is 0.229 e. The van der Waals surface area contributed by atoms with Crippen LogP contribution < -0.4 is 0 Å². The van der Waals surface area contributed by atoms with Gasteiger partial charge in [-0.05, 0) is 6.42 Å². The van der Waals surface area contributed by atoms with Gasteiger partial charge in [0.25, 0.3) is 0 Å². The second-order valence-corrected chi connectivity index (χ2v) is 2.04. The van der Waals surface area contributed by atoms with Crippen LogP contribution in [0.15, 0.2) is 0 Å². The molecule has 0 aliphatic carbocycles. The van der Waals surface area contributed by atoms with Gasteiger partial charge in [-0.25, -0.2) is 0 Å². The Morgan fingerprint density at radius 3 is 2.56 bits per heavy atom. The molecule has 3 nitrogen and oxygen atoms in total. The molecule has 0 bridgehead atoms. The zero-order chi connectivity index (χ0) is 6.85. The monoisotopic (exact) mass is 126 g/mol. The van der Waals surface area contributed by atoms with Crippen LogP contribution >= 0.6 is 0 Å². The molecule has 1 aliphatic heterocycles. The van der Waals surface area contributed by atoms with E-state index in [9.17, 15) is 9.59 Å². The molecule has 49 valence electrons. The lowest BCUT2D eigenvalue weighted by Crippen LogP contribution is -2.29. The highest BCUT2D eigenvalue weighted by molar-refractivity contribution is 5.98. The molecule has 0 aromatic heterocycles. The standard InChI is InChI=1S/C6H8NO2/c1-5(8)7-4-2-3-6(7)9/h1-4H2. The highest BCUT2D eigenvalue weighted by Gasteiger charge is 2.22. The molecule has 1 saturated heterocycles. The average Bonchev–Trinajstić information content (AvgIpc) is 2.13. The fourth-order valence-electron chi connectivity index (χ4n) is 0.912. The molecule has 2 amide bonds. The minimum absolute atomic E-state index is 0.0880. The van der Waals surface area contributed by atoms with Crippen LogP contribution in [0.5, 0.6) is 0 Å². The van der Waals surface area contributed by atoms with E-state index in [1.807, 2.05) is 0 Å². The van der Waals surface area contributed by atoms with Gasteiger partial charge in [0.2, 0.25) is 11.8 Å². The van der Waals surface area contributed by atoms with Crippen molar-refractivity contribution in [2.75, 3.05) is 6.54 Å². The lowest BCUT2D eigenvalue weighted by Gasteiger charge is -2.07. The molecule has 1 fully saturated rings. The van der Waals surface area contributed by atoms with Gasteiger partial charge in [-0.15, -0.1) is 0 Å². The minimum atomic E-state index is -0.377. The first kappa shape index (κ1) is 6.26. The molecule has 0 saturated carbocycles. The zero-order valence-electron chi connectivity index (χ0n) is 5.09. The van der Waals surface area contributed by atoms with E-state index in [1.165, 1.54) is 4.90 Å². The third kappa shape index (κ3) is 1.09. The van der Waals surface area contributed by atoms with Crippen molar-refractivity contribution in [1.82, 2.24) is 4.90 Å². The first-order valence-corrected chi connectivity index (χ1v) is 2.88. The summed E-state index contributed by atoms with van der Waals surface area (Å²) in [5.41, 5.74) is 0. The van der Waals surface area contributed by atoms with Crippen molar-refractivity contribution in [3.63, 3.8) is 0 Å². The largest absolute Gasteiger partial charge is 0.283 e. The summed E-state index contributed by atoms with van der Waals surface area (Å²) in [6.45, 7) is 3.69. The topological polar surface area (TPSA) is 37.4 Å². The molecule has 1 radical (unpaired) electrons. The SMILES string of the molecule is [CH2]C(=O)N1CCCC1=O. The lowest BCUT2D eigenvalue weighted by molar-refractivity contribution is -0.138. The van der Waals surface area contributed by atoms with Crippen molar-refractivity contribution in [1.29, 1.82) is 0 Å². The van der Waals surface area contributed by atoms with Gasteiger partial charge in [-0.1, -0.05) is 0 Å². The van der Waals surface area contributed by atoms with Crippen molar-refractivity contribution in [3.05, 3.63) is 6.92 Å². The molecule has 3 heteroatoms. The van der Waals surface area contributed by atoms with Gasteiger partial charge in [-0.3, -0.25) is 14.5 Å². The minimum Gasteiger partial charge on any atom is -0.283 e. The molecule has 0 unspecified atom stereocenters. The number of likely N-dealkylation sites (tertiary alicyclic amines) is 1. The van der Waals surface area contributed by atoms with Gasteiger partial charge >= 0.3 is 0 Å². The summed E-state index contributed by atoms with van der Waals surface area (Å²) in [5.74, 6) is -0.465. The summed E-state index contributed by atoms with van der Waals surface area (Å²) in [4.78, 5) is 22.3. The first-order valence-electron chi connectivity index (χ1n) is 2.88. The summed E-state index contributed by atoms with van der Waals surface area (Å²) < 4.78 is 0. The fourth-order valence-corrected chi connectivity index (χ4v) is 0.912. The van der Waals surface area contributed by atoms with Crippen LogP contribution in [0.4, 0.5) is 0 Å². The Balaban J connectivity index is 2.60. The third-order valence-electron chi connectivity index (χ3n) is 1.37. The van der Waals surface area contributed by atoms with Crippen molar-refractivity contribution in [3.8, 4) is 0 Å². The summed E-state index contributed by atoms with van der Waals surface area (Å²) >= 11 is 0. The fraction of sp³-hybridized carbons (Fsp3) is 0.500. The van der Waals surface area contributed by atoms with Crippen LogP contribution in [-0.2, 0) is 9.59 Å². The molecule has 0 aromatic carbocycles. The third-order valence-corrected chi connectivity index (χ3v) is 1.37. The average molecular weight is 126 g/mol. The molecule has 1 rings (SSSR count). The highest BCUT2D eigenvalue weighted by Crippen LogP contribution is 2.08. The van der Waals surface area contributed by atoms with Gasteiger partial charge in [0.05, 0.1) is 0 Å². The molecule has 1 aliphatic rings. The van der Waals surface area contributed by atoms with E-state index in [4.69, 9.17) is 0 Å². The van der Waals surface area contributed by atoms with Gasteiger partial charge in [-0.2, -0.15) is 0 Å². The molecular weight excluding hydrogens is 118 g/mol. The van der Waals surface area contributed by atoms with Gasteiger partial charge in [0.15, 0.2) is 0 Å². The van der Waals surface area contributed by atoms with Crippen LogP contribution in [0, 0.1) is 6.92 Å². The Morgan fingerprint density at radius 1 is 1.67 bits per heavy atom. The number of carbonyl (C=O) groups excluding carboxylic acids is 2. The second kappa shape index (κ2) is 2.17. The van der Waals surface area contributed by atoms with Crippen molar-refractivity contribution in [2.45, 2.75) is 12.8 Å². The Labute approximate surface area is 53.6 Å². The number of imide groups is 1. The van der Waals surface area contributed by atoms with E-state index in [-0.39, 0.29) is 11.8 Å². The second-order valence-electron chi connectivity index (χ2n) is 2.04. The highest BCUT2D eigenvalue weighted by atomic mass is 16.2. The predicted molar refractivity (Wildman–Crippen MR) is 31.3 cm³/mol. The normalized spacial score (nSPS) is 18.8. The molecule has 1 heterocycles. The molecule has 0 atom stereocenters. The van der Waals surface area contributed by atoms with Crippen molar-refractivity contribution < 1.29 is 9.59 Å². The summed E-state index contributed by atoms with van der Waals surface area (Å²) in [6, 6.07) is 0. The molecule has 9 heavy (non-hydrogen) atoms. The Hall–Kier alpha value is -0.860. The Kier molecular flexibility index (Phi) is 1.51. The summed E-state index contributed by atoms with van der Waals surface area (Å²) in [6.07, 6.45) is 1.29. The van der Waals surface area contributed by atoms with E-state index in [1.54, 1.807) is 0 Å². The Morgan fingerprint density at radius 2 is 2.33 bits per heavy atom. The maximum atomic E-state index is 10.7. The van der Waals surface area contributed by atoms with E-state index in [0.717, 1.165) is 6.42 Å². The number of nitrogens with zero attached hydrogens (tertiary/aromatic N) is 1. The summed E-state index contributed by atoms with van der Waals surface area (Å²) in [7, 11) is 0. The van der Waals surface area contributed by atoms with Crippen LogP contribution in [0.25, 0.3) is 0 Å². The maximum Gasteiger partial charge on any atom is 0.229 e. The maximum absolute atomic E-state index is 10.7. The van der Waals surface area contributed by atoms with Gasteiger partial charge in [0, 0.05) is 19.9 Å². The number of amides is 2. The molecule has 0 spiro atoms. The van der Waals surface area contributed by atoms with Crippen LogP contribution in [-0.4, -0.2) is 23.3 Å². The van der Waals surface area contributed by atoms with Crippen LogP contribution in [0.3, 0.4) is 0 Å². The number of carbonyl (C=O) groups is 2.